The number of halogens is 4. The molecule has 1 aliphatic carbocycles. The Labute approximate surface area is 116 Å². The molecule has 2 aliphatic rings. The number of rotatable bonds is 6. The van der Waals surface area contributed by atoms with Crippen LogP contribution in [0.1, 0.15) is 25.7 Å². The Balaban J connectivity index is 1.67. The van der Waals surface area contributed by atoms with E-state index in [4.69, 9.17) is 9.47 Å². The molecule has 20 heavy (non-hydrogen) atoms. The highest BCUT2D eigenvalue weighted by Gasteiger charge is 2.41. The quantitative estimate of drug-likeness (QED) is 0.556. The summed E-state index contributed by atoms with van der Waals surface area (Å²) in [5, 5.41) is 0. The van der Waals surface area contributed by atoms with Gasteiger partial charge in [0.15, 0.2) is 0 Å². The first kappa shape index (κ1) is 16.0. The summed E-state index contributed by atoms with van der Waals surface area (Å²) in [7, 11) is 0. The zero-order chi connectivity index (χ0) is 14.6. The highest BCUT2D eigenvalue weighted by Crippen LogP contribution is 2.35. The maximum absolute atomic E-state index is 12.6. The molecule has 118 valence electrons. The highest BCUT2D eigenvalue weighted by atomic mass is 19.3. The predicted molar refractivity (Wildman–Crippen MR) is 65.4 cm³/mol. The minimum absolute atomic E-state index is 0.0401. The largest absolute Gasteiger partial charge is 0.374 e. The van der Waals surface area contributed by atoms with E-state index in [1.807, 2.05) is 0 Å². The van der Waals surface area contributed by atoms with Gasteiger partial charge in [0.2, 0.25) is 0 Å². The van der Waals surface area contributed by atoms with Crippen LogP contribution in [0.4, 0.5) is 17.6 Å². The molecule has 3 nitrogen and oxygen atoms in total. The van der Waals surface area contributed by atoms with Crippen molar-refractivity contribution >= 4 is 0 Å². The van der Waals surface area contributed by atoms with Crippen LogP contribution < -0.4 is 0 Å². The molecule has 1 aliphatic heterocycles. The van der Waals surface area contributed by atoms with Crippen molar-refractivity contribution in [3.8, 4) is 0 Å². The molecule has 1 spiro atoms. The summed E-state index contributed by atoms with van der Waals surface area (Å²) >= 11 is 0. The second-order valence-corrected chi connectivity index (χ2v) is 5.63. The van der Waals surface area contributed by atoms with E-state index in [0.29, 0.717) is 13.2 Å². The van der Waals surface area contributed by atoms with Crippen molar-refractivity contribution in [2.24, 2.45) is 0 Å². The van der Waals surface area contributed by atoms with Gasteiger partial charge in [-0.3, -0.25) is 4.90 Å². The lowest BCUT2D eigenvalue weighted by molar-refractivity contribution is -0.168. The molecule has 0 aromatic carbocycles. The van der Waals surface area contributed by atoms with Crippen molar-refractivity contribution in [1.82, 2.24) is 4.90 Å². The van der Waals surface area contributed by atoms with E-state index < -0.39 is 19.0 Å². The average Bonchev–Trinajstić information content (AvgIpc) is 2.83. The van der Waals surface area contributed by atoms with Gasteiger partial charge in [0.1, 0.15) is 6.61 Å². The van der Waals surface area contributed by atoms with E-state index in [-0.39, 0.29) is 12.2 Å². The Bertz CT molecular complexity index is 309. The standard InChI is InChI=1S/C13H21F4NO2/c14-11(15)13(16,17)10-19-7-5-18-6-8-20-12(9-18)3-1-2-4-12/h11H,1-10H2. The molecule has 0 unspecified atom stereocenters. The van der Waals surface area contributed by atoms with Gasteiger partial charge in [-0.15, -0.1) is 0 Å². The fourth-order valence-electron chi connectivity index (χ4n) is 2.90. The first-order valence-corrected chi connectivity index (χ1v) is 7.04. The number of hydrogen-bond donors (Lipinski definition) is 0. The zero-order valence-corrected chi connectivity index (χ0v) is 11.4. The molecule has 2 fully saturated rings. The van der Waals surface area contributed by atoms with Crippen LogP contribution in [0.15, 0.2) is 0 Å². The Morgan fingerprint density at radius 2 is 1.95 bits per heavy atom. The second kappa shape index (κ2) is 6.58. The lowest BCUT2D eigenvalue weighted by Gasteiger charge is -2.40. The Hall–Kier alpha value is -0.400. The first-order chi connectivity index (χ1) is 9.44. The molecule has 7 heteroatoms. The molecule has 2 rings (SSSR count). The second-order valence-electron chi connectivity index (χ2n) is 5.63. The van der Waals surface area contributed by atoms with Gasteiger partial charge in [-0.2, -0.15) is 8.78 Å². The summed E-state index contributed by atoms with van der Waals surface area (Å²) in [6.45, 7) is 1.44. The molecular formula is C13H21F4NO2. The Kier molecular flexibility index (Phi) is 5.25. The molecule has 0 aromatic rings. The smallest absolute Gasteiger partial charge is 0.330 e. The fourth-order valence-corrected chi connectivity index (χ4v) is 2.90. The van der Waals surface area contributed by atoms with Gasteiger partial charge in [-0.1, -0.05) is 12.8 Å². The lowest BCUT2D eigenvalue weighted by atomic mass is 10.00. The van der Waals surface area contributed by atoms with Crippen molar-refractivity contribution in [3.63, 3.8) is 0 Å². The molecule has 0 amide bonds. The minimum atomic E-state index is -4.06. The predicted octanol–water partition coefficient (Wildman–Crippen LogP) is 2.55. The van der Waals surface area contributed by atoms with Gasteiger partial charge in [-0.25, -0.2) is 8.78 Å². The normalized spacial score (nSPS) is 23.9. The van der Waals surface area contributed by atoms with Crippen LogP contribution >= 0.6 is 0 Å². The van der Waals surface area contributed by atoms with Gasteiger partial charge >= 0.3 is 12.3 Å². The van der Waals surface area contributed by atoms with Crippen LogP contribution in [0.3, 0.4) is 0 Å². The molecule has 0 N–H and O–H groups in total. The molecule has 1 saturated carbocycles. The van der Waals surface area contributed by atoms with Crippen molar-refractivity contribution < 1.29 is 27.0 Å². The Morgan fingerprint density at radius 3 is 2.60 bits per heavy atom. The van der Waals surface area contributed by atoms with Gasteiger partial charge in [-0.05, 0) is 12.8 Å². The van der Waals surface area contributed by atoms with Crippen molar-refractivity contribution in [2.75, 3.05) is 39.5 Å². The number of ether oxygens (including phenoxy) is 2. The summed E-state index contributed by atoms with van der Waals surface area (Å²) in [6.07, 6.45) is 0.713. The summed E-state index contributed by atoms with van der Waals surface area (Å²) < 4.78 is 59.7. The molecule has 0 radical (unpaired) electrons. The fraction of sp³-hybridized carbons (Fsp3) is 1.00. The van der Waals surface area contributed by atoms with Crippen LogP contribution in [0.2, 0.25) is 0 Å². The zero-order valence-electron chi connectivity index (χ0n) is 11.4. The molecule has 1 heterocycles. The summed E-state index contributed by atoms with van der Waals surface area (Å²) in [6, 6.07) is 0. The summed E-state index contributed by atoms with van der Waals surface area (Å²) in [4.78, 5) is 2.11. The molecule has 0 atom stereocenters. The minimum Gasteiger partial charge on any atom is -0.374 e. The van der Waals surface area contributed by atoms with E-state index >= 15 is 0 Å². The van der Waals surface area contributed by atoms with Crippen molar-refractivity contribution in [3.05, 3.63) is 0 Å². The SMILES string of the molecule is FC(F)C(F)(F)COCCN1CCOC2(CCCC2)C1. The van der Waals surface area contributed by atoms with Crippen molar-refractivity contribution in [2.45, 2.75) is 43.6 Å². The third-order valence-corrected chi connectivity index (χ3v) is 4.01. The number of alkyl halides is 4. The first-order valence-electron chi connectivity index (χ1n) is 7.04. The maximum Gasteiger partial charge on any atom is 0.330 e. The van der Waals surface area contributed by atoms with E-state index in [0.717, 1.165) is 38.8 Å². The van der Waals surface area contributed by atoms with Crippen LogP contribution in [0.5, 0.6) is 0 Å². The van der Waals surface area contributed by atoms with Crippen LogP contribution in [-0.4, -0.2) is 62.3 Å². The molecule has 0 bridgehead atoms. The average molecular weight is 299 g/mol. The highest BCUT2D eigenvalue weighted by molar-refractivity contribution is 4.91. The number of morpholine rings is 1. The summed E-state index contributed by atoms with van der Waals surface area (Å²) in [5.41, 5.74) is -0.0782. The van der Waals surface area contributed by atoms with Crippen molar-refractivity contribution in [1.29, 1.82) is 0 Å². The Morgan fingerprint density at radius 1 is 1.25 bits per heavy atom. The topological polar surface area (TPSA) is 21.7 Å². The van der Waals surface area contributed by atoms with E-state index in [2.05, 4.69) is 4.90 Å². The number of hydrogen-bond acceptors (Lipinski definition) is 3. The third kappa shape index (κ3) is 4.05. The maximum atomic E-state index is 12.6. The molecule has 1 saturated heterocycles. The van der Waals surface area contributed by atoms with Gasteiger partial charge < -0.3 is 9.47 Å². The van der Waals surface area contributed by atoms with Crippen LogP contribution in [-0.2, 0) is 9.47 Å². The van der Waals surface area contributed by atoms with Gasteiger partial charge in [0, 0.05) is 19.6 Å². The third-order valence-electron chi connectivity index (χ3n) is 4.01. The molecule has 0 aromatic heterocycles. The van der Waals surface area contributed by atoms with Crippen LogP contribution in [0.25, 0.3) is 0 Å². The lowest BCUT2D eigenvalue weighted by Crippen LogP contribution is -2.51. The van der Waals surface area contributed by atoms with E-state index in [1.54, 1.807) is 0 Å². The monoisotopic (exact) mass is 299 g/mol. The summed E-state index contributed by atoms with van der Waals surface area (Å²) in [5.74, 6) is -4.06. The van der Waals surface area contributed by atoms with E-state index in [9.17, 15) is 17.6 Å². The van der Waals surface area contributed by atoms with E-state index in [1.165, 1.54) is 0 Å². The number of nitrogens with zero attached hydrogens (tertiary/aromatic N) is 1. The molecular weight excluding hydrogens is 278 g/mol. The van der Waals surface area contributed by atoms with Gasteiger partial charge in [0.05, 0.1) is 18.8 Å². The van der Waals surface area contributed by atoms with Crippen LogP contribution in [0, 0.1) is 0 Å². The van der Waals surface area contributed by atoms with Gasteiger partial charge in [0.25, 0.3) is 0 Å².